The third-order valence-corrected chi connectivity index (χ3v) is 2.65. The molecule has 0 radical (unpaired) electrons. The summed E-state index contributed by atoms with van der Waals surface area (Å²) in [5.41, 5.74) is 6.54. The summed E-state index contributed by atoms with van der Waals surface area (Å²) in [7, 11) is 0. The Kier molecular flexibility index (Phi) is 5.77. The first-order valence-electron chi connectivity index (χ1n) is 6.39. The summed E-state index contributed by atoms with van der Waals surface area (Å²) in [6, 6.07) is 0. The predicted molar refractivity (Wildman–Crippen MR) is 67.9 cm³/mol. The first kappa shape index (κ1) is 14.6. The molecule has 0 unspecified atom stereocenters. The Labute approximate surface area is 107 Å². The SMILES string of the molecule is CCOC(=O)c1nnn(CCCC(C)C)c1CN. The molecule has 0 saturated heterocycles. The smallest absolute Gasteiger partial charge is 0.360 e. The van der Waals surface area contributed by atoms with Crippen molar-refractivity contribution in [2.75, 3.05) is 6.61 Å². The number of hydrogen-bond acceptors (Lipinski definition) is 5. The number of ether oxygens (including phenoxy) is 1. The second kappa shape index (κ2) is 7.10. The molecule has 18 heavy (non-hydrogen) atoms. The highest BCUT2D eigenvalue weighted by atomic mass is 16.5. The number of rotatable bonds is 7. The highest BCUT2D eigenvalue weighted by molar-refractivity contribution is 5.88. The van der Waals surface area contributed by atoms with Gasteiger partial charge in [0.25, 0.3) is 0 Å². The van der Waals surface area contributed by atoms with Gasteiger partial charge in [-0.1, -0.05) is 19.1 Å². The maximum absolute atomic E-state index is 11.6. The van der Waals surface area contributed by atoms with E-state index in [9.17, 15) is 4.79 Å². The molecule has 0 amide bonds. The third kappa shape index (κ3) is 3.80. The van der Waals surface area contributed by atoms with Crippen molar-refractivity contribution in [3.8, 4) is 0 Å². The molecule has 1 aromatic heterocycles. The van der Waals surface area contributed by atoms with Gasteiger partial charge in [0.15, 0.2) is 5.69 Å². The molecule has 6 heteroatoms. The van der Waals surface area contributed by atoms with Crippen LogP contribution in [0.4, 0.5) is 0 Å². The summed E-state index contributed by atoms with van der Waals surface area (Å²) in [6.45, 7) is 7.40. The summed E-state index contributed by atoms with van der Waals surface area (Å²) >= 11 is 0. The lowest BCUT2D eigenvalue weighted by atomic mass is 10.1. The van der Waals surface area contributed by atoms with E-state index in [0.717, 1.165) is 19.4 Å². The van der Waals surface area contributed by atoms with Gasteiger partial charge < -0.3 is 10.5 Å². The zero-order chi connectivity index (χ0) is 13.5. The summed E-state index contributed by atoms with van der Waals surface area (Å²) in [5, 5.41) is 7.83. The molecule has 0 saturated carbocycles. The molecule has 1 rings (SSSR count). The van der Waals surface area contributed by atoms with Gasteiger partial charge in [-0.3, -0.25) is 0 Å². The van der Waals surface area contributed by atoms with Crippen LogP contribution in [0.1, 0.15) is 49.8 Å². The Morgan fingerprint density at radius 2 is 2.22 bits per heavy atom. The highest BCUT2D eigenvalue weighted by Crippen LogP contribution is 2.10. The number of esters is 1. The van der Waals surface area contributed by atoms with Crippen LogP contribution < -0.4 is 5.73 Å². The van der Waals surface area contributed by atoms with Crippen LogP contribution in [0.2, 0.25) is 0 Å². The topological polar surface area (TPSA) is 83.0 Å². The molecule has 0 aromatic carbocycles. The zero-order valence-electron chi connectivity index (χ0n) is 11.3. The van der Waals surface area contributed by atoms with E-state index >= 15 is 0 Å². The molecule has 2 N–H and O–H groups in total. The van der Waals surface area contributed by atoms with Crippen molar-refractivity contribution in [1.82, 2.24) is 15.0 Å². The fraction of sp³-hybridized carbons (Fsp3) is 0.750. The van der Waals surface area contributed by atoms with Crippen molar-refractivity contribution in [2.24, 2.45) is 11.7 Å². The first-order chi connectivity index (χ1) is 8.60. The molecular weight excluding hydrogens is 232 g/mol. The fourth-order valence-corrected chi connectivity index (χ4v) is 1.72. The monoisotopic (exact) mass is 254 g/mol. The number of carbonyl (C=O) groups is 1. The van der Waals surface area contributed by atoms with Crippen LogP contribution in [-0.2, 0) is 17.8 Å². The van der Waals surface area contributed by atoms with E-state index in [0.29, 0.717) is 18.2 Å². The molecule has 0 bridgehead atoms. The standard InChI is InChI=1S/C12H22N4O2/c1-4-18-12(17)11-10(8-13)16(15-14-11)7-5-6-9(2)3/h9H,4-8,13H2,1-3H3. The van der Waals surface area contributed by atoms with Crippen molar-refractivity contribution in [3.05, 3.63) is 11.4 Å². The molecule has 0 aliphatic rings. The minimum atomic E-state index is -0.451. The molecule has 102 valence electrons. The molecule has 0 aliphatic carbocycles. The van der Waals surface area contributed by atoms with Gasteiger partial charge >= 0.3 is 5.97 Å². The Balaban J connectivity index is 2.72. The molecular formula is C12H22N4O2. The Hall–Kier alpha value is -1.43. The van der Waals surface area contributed by atoms with Crippen molar-refractivity contribution in [3.63, 3.8) is 0 Å². The summed E-state index contributed by atoms with van der Waals surface area (Å²) in [5.74, 6) is 0.201. The number of aromatic nitrogens is 3. The Bertz CT molecular complexity index is 387. The lowest BCUT2D eigenvalue weighted by molar-refractivity contribution is 0.0518. The van der Waals surface area contributed by atoms with Crippen LogP contribution in [0.25, 0.3) is 0 Å². The van der Waals surface area contributed by atoms with Crippen molar-refractivity contribution >= 4 is 5.97 Å². The van der Waals surface area contributed by atoms with Gasteiger partial charge in [-0.15, -0.1) is 5.10 Å². The van der Waals surface area contributed by atoms with E-state index in [1.54, 1.807) is 11.6 Å². The quantitative estimate of drug-likeness (QED) is 0.743. The Morgan fingerprint density at radius 3 is 2.78 bits per heavy atom. The van der Waals surface area contributed by atoms with Gasteiger partial charge in [-0.05, 0) is 25.7 Å². The molecule has 0 atom stereocenters. The zero-order valence-corrected chi connectivity index (χ0v) is 11.3. The molecule has 0 aliphatic heterocycles. The first-order valence-corrected chi connectivity index (χ1v) is 6.39. The third-order valence-electron chi connectivity index (χ3n) is 2.65. The molecule has 0 spiro atoms. The van der Waals surface area contributed by atoms with Crippen LogP contribution in [-0.4, -0.2) is 27.6 Å². The predicted octanol–water partition coefficient (Wildman–Crippen LogP) is 1.35. The van der Waals surface area contributed by atoms with Gasteiger partial charge in [0.1, 0.15) is 0 Å². The van der Waals surface area contributed by atoms with Gasteiger partial charge in [-0.2, -0.15) is 0 Å². The number of aryl methyl sites for hydroxylation is 1. The van der Waals surface area contributed by atoms with Crippen LogP contribution in [0, 0.1) is 5.92 Å². The molecule has 6 nitrogen and oxygen atoms in total. The number of nitrogens with two attached hydrogens (primary N) is 1. The molecule has 1 heterocycles. The largest absolute Gasteiger partial charge is 0.461 e. The number of nitrogens with zero attached hydrogens (tertiary/aromatic N) is 3. The van der Waals surface area contributed by atoms with Crippen LogP contribution in [0.5, 0.6) is 0 Å². The molecule has 0 fully saturated rings. The van der Waals surface area contributed by atoms with Crippen molar-refractivity contribution < 1.29 is 9.53 Å². The minimum Gasteiger partial charge on any atom is -0.461 e. The second-order valence-corrected chi connectivity index (χ2v) is 4.57. The average Bonchev–Trinajstić information content (AvgIpc) is 2.72. The average molecular weight is 254 g/mol. The van der Waals surface area contributed by atoms with Gasteiger partial charge in [-0.25, -0.2) is 9.48 Å². The minimum absolute atomic E-state index is 0.239. The summed E-state index contributed by atoms with van der Waals surface area (Å²) in [6.07, 6.45) is 2.11. The van der Waals surface area contributed by atoms with Crippen molar-refractivity contribution in [1.29, 1.82) is 0 Å². The normalized spacial score (nSPS) is 10.9. The van der Waals surface area contributed by atoms with E-state index in [1.165, 1.54) is 0 Å². The van der Waals surface area contributed by atoms with Crippen molar-refractivity contribution in [2.45, 2.75) is 46.7 Å². The van der Waals surface area contributed by atoms with Gasteiger partial charge in [0.2, 0.25) is 0 Å². The van der Waals surface area contributed by atoms with E-state index in [1.807, 2.05) is 0 Å². The van der Waals surface area contributed by atoms with Gasteiger partial charge in [0, 0.05) is 13.1 Å². The van der Waals surface area contributed by atoms with Crippen LogP contribution >= 0.6 is 0 Å². The fourth-order valence-electron chi connectivity index (χ4n) is 1.72. The Morgan fingerprint density at radius 1 is 1.50 bits per heavy atom. The summed E-state index contributed by atoms with van der Waals surface area (Å²) < 4.78 is 6.62. The lowest BCUT2D eigenvalue weighted by Crippen LogP contribution is -2.14. The van der Waals surface area contributed by atoms with E-state index < -0.39 is 5.97 Å². The van der Waals surface area contributed by atoms with E-state index in [2.05, 4.69) is 24.2 Å². The van der Waals surface area contributed by atoms with E-state index in [4.69, 9.17) is 10.5 Å². The van der Waals surface area contributed by atoms with Crippen LogP contribution in [0.15, 0.2) is 0 Å². The number of hydrogen-bond donors (Lipinski definition) is 1. The summed E-state index contributed by atoms with van der Waals surface area (Å²) in [4.78, 5) is 11.6. The second-order valence-electron chi connectivity index (χ2n) is 4.57. The maximum atomic E-state index is 11.6. The maximum Gasteiger partial charge on any atom is 0.360 e. The number of carbonyl (C=O) groups excluding carboxylic acids is 1. The van der Waals surface area contributed by atoms with E-state index in [-0.39, 0.29) is 12.2 Å². The van der Waals surface area contributed by atoms with Gasteiger partial charge in [0.05, 0.1) is 12.3 Å². The van der Waals surface area contributed by atoms with Crippen LogP contribution in [0.3, 0.4) is 0 Å². The highest BCUT2D eigenvalue weighted by Gasteiger charge is 2.19. The molecule has 1 aromatic rings. The lowest BCUT2D eigenvalue weighted by Gasteiger charge is -2.07.